The highest BCUT2D eigenvalue weighted by molar-refractivity contribution is 5.74. The lowest BCUT2D eigenvalue weighted by atomic mass is 9.87. The van der Waals surface area contributed by atoms with Gasteiger partial charge in [0.05, 0.1) is 13.2 Å². The average molecular weight is 306 g/mol. The lowest BCUT2D eigenvalue weighted by Gasteiger charge is -2.26. The third-order valence-electron chi connectivity index (χ3n) is 3.82. The Morgan fingerprint density at radius 1 is 1.41 bits per heavy atom. The topological polar surface area (TPSA) is 87.7 Å². The summed E-state index contributed by atoms with van der Waals surface area (Å²) in [5, 5.41) is 14.2. The van der Waals surface area contributed by atoms with E-state index >= 15 is 0 Å². The van der Waals surface area contributed by atoms with Crippen molar-refractivity contribution < 1.29 is 19.4 Å². The van der Waals surface area contributed by atoms with Crippen LogP contribution in [0.15, 0.2) is 18.2 Å². The number of carboxylic acids is 1. The van der Waals surface area contributed by atoms with E-state index in [1.54, 1.807) is 7.11 Å². The molecule has 1 aliphatic carbocycles. The molecule has 0 radical (unpaired) electrons. The zero-order valence-electron chi connectivity index (χ0n) is 12.7. The number of fused-ring (bicyclic) bond motifs is 1. The molecule has 2 rings (SSSR count). The van der Waals surface area contributed by atoms with Crippen LogP contribution in [-0.2, 0) is 11.2 Å². The Hall–Kier alpha value is -2.24. The SMILES string of the molecule is COc1ccc2c(c1)CCCC2NC(=O)NCCCC(=O)O. The monoisotopic (exact) mass is 306 g/mol. The number of aryl methyl sites for hydroxylation is 1. The molecule has 2 amide bonds. The van der Waals surface area contributed by atoms with E-state index in [9.17, 15) is 9.59 Å². The van der Waals surface area contributed by atoms with Gasteiger partial charge >= 0.3 is 12.0 Å². The van der Waals surface area contributed by atoms with Crippen molar-refractivity contribution in [2.75, 3.05) is 13.7 Å². The molecule has 0 saturated heterocycles. The summed E-state index contributed by atoms with van der Waals surface area (Å²) in [5.74, 6) is -0.0186. The molecule has 3 N–H and O–H groups in total. The van der Waals surface area contributed by atoms with E-state index in [-0.39, 0.29) is 18.5 Å². The maximum absolute atomic E-state index is 11.9. The number of carbonyl (C=O) groups is 2. The van der Waals surface area contributed by atoms with Crippen LogP contribution in [0.25, 0.3) is 0 Å². The van der Waals surface area contributed by atoms with Gasteiger partial charge in [0.25, 0.3) is 0 Å². The van der Waals surface area contributed by atoms with Crippen molar-refractivity contribution in [3.05, 3.63) is 29.3 Å². The summed E-state index contributed by atoms with van der Waals surface area (Å²) < 4.78 is 5.23. The minimum Gasteiger partial charge on any atom is -0.497 e. The van der Waals surface area contributed by atoms with E-state index in [0.717, 1.165) is 30.6 Å². The number of hydrogen-bond donors (Lipinski definition) is 3. The Morgan fingerprint density at radius 3 is 2.95 bits per heavy atom. The number of rotatable bonds is 6. The van der Waals surface area contributed by atoms with Crippen molar-refractivity contribution >= 4 is 12.0 Å². The lowest BCUT2D eigenvalue weighted by Crippen LogP contribution is -2.39. The van der Waals surface area contributed by atoms with Crippen LogP contribution in [0.2, 0.25) is 0 Å². The summed E-state index contributed by atoms with van der Waals surface area (Å²) in [6, 6.07) is 5.67. The van der Waals surface area contributed by atoms with E-state index in [1.165, 1.54) is 5.56 Å². The Morgan fingerprint density at radius 2 is 2.23 bits per heavy atom. The first-order chi connectivity index (χ1) is 10.6. The predicted molar refractivity (Wildman–Crippen MR) is 82.1 cm³/mol. The van der Waals surface area contributed by atoms with Crippen molar-refractivity contribution in [3.8, 4) is 5.75 Å². The van der Waals surface area contributed by atoms with Gasteiger partial charge in [-0.05, 0) is 48.9 Å². The summed E-state index contributed by atoms with van der Waals surface area (Å²) in [6.45, 7) is 0.361. The van der Waals surface area contributed by atoms with Crippen LogP contribution in [0.1, 0.15) is 42.9 Å². The van der Waals surface area contributed by atoms with Crippen LogP contribution in [0.5, 0.6) is 5.75 Å². The summed E-state index contributed by atoms with van der Waals surface area (Å²) in [4.78, 5) is 22.3. The molecule has 1 aromatic rings. The molecular weight excluding hydrogens is 284 g/mol. The number of ether oxygens (including phenoxy) is 1. The Kier molecular flexibility index (Phi) is 5.63. The number of aliphatic carboxylic acids is 1. The summed E-state index contributed by atoms with van der Waals surface area (Å²) in [7, 11) is 1.64. The van der Waals surface area contributed by atoms with E-state index in [0.29, 0.717) is 13.0 Å². The molecule has 22 heavy (non-hydrogen) atoms. The molecule has 0 aliphatic heterocycles. The van der Waals surface area contributed by atoms with Gasteiger partial charge in [0.15, 0.2) is 0 Å². The second-order valence-electron chi connectivity index (χ2n) is 5.41. The van der Waals surface area contributed by atoms with Gasteiger partial charge in [-0.15, -0.1) is 0 Å². The normalized spacial score (nSPS) is 16.5. The van der Waals surface area contributed by atoms with Crippen LogP contribution < -0.4 is 15.4 Å². The Labute approximate surface area is 129 Å². The van der Waals surface area contributed by atoms with Crippen molar-refractivity contribution in [3.63, 3.8) is 0 Å². The number of benzene rings is 1. The third-order valence-corrected chi connectivity index (χ3v) is 3.82. The minimum atomic E-state index is -0.850. The zero-order chi connectivity index (χ0) is 15.9. The Balaban J connectivity index is 1.89. The fourth-order valence-electron chi connectivity index (χ4n) is 2.72. The van der Waals surface area contributed by atoms with Gasteiger partial charge in [-0.2, -0.15) is 0 Å². The first-order valence-electron chi connectivity index (χ1n) is 7.53. The lowest BCUT2D eigenvalue weighted by molar-refractivity contribution is -0.137. The molecule has 1 unspecified atom stereocenters. The zero-order valence-corrected chi connectivity index (χ0v) is 12.7. The molecule has 0 aromatic heterocycles. The Bertz CT molecular complexity index is 545. The van der Waals surface area contributed by atoms with Crippen LogP contribution in [0.4, 0.5) is 4.79 Å². The first kappa shape index (κ1) is 16.1. The highest BCUT2D eigenvalue weighted by atomic mass is 16.5. The molecule has 0 heterocycles. The fraction of sp³-hybridized carbons (Fsp3) is 0.500. The molecule has 0 saturated carbocycles. The average Bonchev–Trinajstić information content (AvgIpc) is 2.51. The number of carboxylic acid groups (broad SMARTS) is 1. The molecule has 1 aromatic carbocycles. The van der Waals surface area contributed by atoms with Gasteiger partial charge in [-0.1, -0.05) is 6.07 Å². The number of carbonyl (C=O) groups excluding carboxylic acids is 1. The molecular formula is C16H22N2O4. The summed E-state index contributed by atoms with van der Waals surface area (Å²) >= 11 is 0. The van der Waals surface area contributed by atoms with E-state index < -0.39 is 5.97 Å². The van der Waals surface area contributed by atoms with Crippen LogP contribution in [0.3, 0.4) is 0 Å². The number of methoxy groups -OCH3 is 1. The van der Waals surface area contributed by atoms with Crippen molar-refractivity contribution in [1.82, 2.24) is 10.6 Å². The number of nitrogens with one attached hydrogen (secondary N) is 2. The fourth-order valence-corrected chi connectivity index (χ4v) is 2.72. The molecule has 6 heteroatoms. The third kappa shape index (κ3) is 4.38. The quantitative estimate of drug-likeness (QED) is 0.703. The van der Waals surface area contributed by atoms with Gasteiger partial charge in [0.1, 0.15) is 5.75 Å². The number of hydrogen-bond acceptors (Lipinski definition) is 3. The number of amides is 2. The van der Waals surface area contributed by atoms with E-state index in [2.05, 4.69) is 10.6 Å². The van der Waals surface area contributed by atoms with E-state index in [4.69, 9.17) is 9.84 Å². The van der Waals surface area contributed by atoms with Gasteiger partial charge in [-0.25, -0.2) is 4.79 Å². The first-order valence-corrected chi connectivity index (χ1v) is 7.53. The van der Waals surface area contributed by atoms with Gasteiger partial charge < -0.3 is 20.5 Å². The van der Waals surface area contributed by atoms with Crippen molar-refractivity contribution in [1.29, 1.82) is 0 Å². The molecule has 120 valence electrons. The molecule has 0 spiro atoms. The summed E-state index contributed by atoms with van der Waals surface area (Å²) in [5.41, 5.74) is 2.34. The second-order valence-corrected chi connectivity index (χ2v) is 5.41. The predicted octanol–water partition coefficient (Wildman–Crippen LogP) is 2.24. The molecule has 1 aliphatic rings. The maximum Gasteiger partial charge on any atom is 0.315 e. The van der Waals surface area contributed by atoms with Crippen molar-refractivity contribution in [2.24, 2.45) is 0 Å². The maximum atomic E-state index is 11.9. The highest BCUT2D eigenvalue weighted by Gasteiger charge is 2.22. The largest absolute Gasteiger partial charge is 0.497 e. The molecule has 6 nitrogen and oxygen atoms in total. The van der Waals surface area contributed by atoms with Gasteiger partial charge in [0, 0.05) is 13.0 Å². The minimum absolute atomic E-state index is 0.00544. The number of urea groups is 1. The standard InChI is InChI=1S/C16H22N2O4/c1-22-12-7-8-13-11(10-12)4-2-5-14(13)18-16(21)17-9-3-6-15(19)20/h7-8,10,14H,2-6,9H2,1H3,(H,19,20)(H2,17,18,21). The van der Waals surface area contributed by atoms with Gasteiger partial charge in [-0.3, -0.25) is 4.79 Å². The van der Waals surface area contributed by atoms with Crippen LogP contribution >= 0.6 is 0 Å². The molecule has 1 atom stereocenters. The van der Waals surface area contributed by atoms with Crippen LogP contribution in [0, 0.1) is 0 Å². The highest BCUT2D eigenvalue weighted by Crippen LogP contribution is 2.32. The van der Waals surface area contributed by atoms with Crippen LogP contribution in [-0.4, -0.2) is 30.8 Å². The summed E-state index contributed by atoms with van der Waals surface area (Å²) in [6.07, 6.45) is 3.41. The van der Waals surface area contributed by atoms with E-state index in [1.807, 2.05) is 18.2 Å². The van der Waals surface area contributed by atoms with Gasteiger partial charge in [0.2, 0.25) is 0 Å². The molecule has 0 fully saturated rings. The second kappa shape index (κ2) is 7.68. The molecule has 0 bridgehead atoms. The van der Waals surface area contributed by atoms with Crippen molar-refractivity contribution in [2.45, 2.75) is 38.1 Å². The smallest absolute Gasteiger partial charge is 0.315 e.